The van der Waals surface area contributed by atoms with E-state index in [-0.39, 0.29) is 30.1 Å². The maximum atomic E-state index is 13.1. The molecular weight excluding hydrogens is 556 g/mol. The van der Waals surface area contributed by atoms with Gasteiger partial charge in [0.25, 0.3) is 11.1 Å². The van der Waals surface area contributed by atoms with Crippen molar-refractivity contribution in [3.05, 3.63) is 97.7 Å². The molecule has 1 saturated heterocycles. The zero-order valence-electron chi connectivity index (χ0n) is 17.6. The van der Waals surface area contributed by atoms with Crippen LogP contribution in [0.5, 0.6) is 11.5 Å². The Bertz CT molecular complexity index is 1220. The van der Waals surface area contributed by atoms with Crippen LogP contribution in [0, 0.1) is 9.39 Å². The van der Waals surface area contributed by atoms with Crippen molar-refractivity contribution in [2.75, 3.05) is 7.11 Å². The summed E-state index contributed by atoms with van der Waals surface area (Å²) in [6.07, 6.45) is 1.68. The van der Waals surface area contributed by atoms with Crippen LogP contribution in [0.15, 0.2) is 71.6 Å². The van der Waals surface area contributed by atoms with E-state index in [0.717, 1.165) is 32.0 Å². The number of amides is 2. The molecule has 1 heterocycles. The Morgan fingerprint density at radius 2 is 1.76 bits per heavy atom. The first kappa shape index (κ1) is 23.3. The monoisotopic (exact) mass is 575 g/mol. The molecule has 5 nitrogen and oxygen atoms in total. The van der Waals surface area contributed by atoms with E-state index in [1.54, 1.807) is 24.3 Å². The lowest BCUT2D eigenvalue weighted by Gasteiger charge is -2.14. The number of halogens is 2. The Morgan fingerprint density at radius 3 is 2.45 bits per heavy atom. The van der Waals surface area contributed by atoms with Crippen LogP contribution in [0.2, 0.25) is 0 Å². The molecule has 0 radical (unpaired) electrons. The molecule has 168 valence electrons. The fraction of sp³-hybridized carbons (Fsp3) is 0.120. The van der Waals surface area contributed by atoms with Crippen molar-refractivity contribution in [2.45, 2.75) is 13.2 Å². The Labute approximate surface area is 208 Å². The highest BCUT2D eigenvalue weighted by Gasteiger charge is 2.35. The summed E-state index contributed by atoms with van der Waals surface area (Å²) in [7, 11) is 1.54. The van der Waals surface area contributed by atoms with Crippen molar-refractivity contribution < 1.29 is 23.5 Å². The highest BCUT2D eigenvalue weighted by molar-refractivity contribution is 14.1. The first-order chi connectivity index (χ1) is 15.9. The van der Waals surface area contributed by atoms with Crippen molar-refractivity contribution in [2.24, 2.45) is 0 Å². The maximum absolute atomic E-state index is 13.1. The third-order valence-corrected chi connectivity index (χ3v) is 6.61. The predicted molar refractivity (Wildman–Crippen MR) is 134 cm³/mol. The number of rotatable bonds is 7. The maximum Gasteiger partial charge on any atom is 0.293 e. The van der Waals surface area contributed by atoms with Gasteiger partial charge in [-0.3, -0.25) is 14.5 Å². The smallest absolute Gasteiger partial charge is 0.293 e. The summed E-state index contributed by atoms with van der Waals surface area (Å²) in [5, 5.41) is -0.295. The molecule has 3 aromatic carbocycles. The number of benzene rings is 3. The van der Waals surface area contributed by atoms with E-state index in [2.05, 4.69) is 22.6 Å². The molecule has 0 aromatic heterocycles. The van der Waals surface area contributed by atoms with Gasteiger partial charge in [-0.25, -0.2) is 4.39 Å². The number of carbonyl (C=O) groups is 2. The van der Waals surface area contributed by atoms with Gasteiger partial charge in [0.1, 0.15) is 12.4 Å². The van der Waals surface area contributed by atoms with E-state index >= 15 is 0 Å². The minimum Gasteiger partial charge on any atom is -0.493 e. The minimum absolute atomic E-state index is 0.236. The molecule has 0 aliphatic carbocycles. The standard InChI is InChI=1S/C25H19FINO4S/c1-31-21-12-18(11-20(27)23(21)32-15-17-7-9-19(26)10-8-17)13-22-24(29)28(25(30)33-22)14-16-5-3-2-4-6-16/h2-13H,14-15H2,1H3/b22-13-. The molecule has 1 aliphatic rings. The molecule has 0 spiro atoms. The molecule has 0 N–H and O–H groups in total. The van der Waals surface area contributed by atoms with Crippen LogP contribution in [0.3, 0.4) is 0 Å². The molecule has 2 amide bonds. The molecule has 8 heteroatoms. The van der Waals surface area contributed by atoms with Crippen molar-refractivity contribution in [1.82, 2.24) is 4.90 Å². The fourth-order valence-electron chi connectivity index (χ4n) is 3.25. The molecule has 3 aromatic rings. The second-order valence-electron chi connectivity index (χ2n) is 7.20. The van der Waals surface area contributed by atoms with E-state index in [1.807, 2.05) is 36.4 Å². The van der Waals surface area contributed by atoms with Gasteiger partial charge in [-0.05, 0) is 81.4 Å². The second kappa shape index (κ2) is 10.4. The van der Waals surface area contributed by atoms with E-state index in [0.29, 0.717) is 16.4 Å². The zero-order chi connectivity index (χ0) is 23.4. The van der Waals surface area contributed by atoms with Crippen molar-refractivity contribution in [3.8, 4) is 11.5 Å². The normalized spacial score (nSPS) is 14.8. The minimum atomic E-state index is -0.320. The van der Waals surface area contributed by atoms with Gasteiger partial charge in [0.05, 0.1) is 22.1 Å². The number of nitrogens with zero attached hydrogens (tertiary/aromatic N) is 1. The molecule has 1 aliphatic heterocycles. The van der Waals surface area contributed by atoms with Gasteiger partial charge in [0, 0.05) is 0 Å². The first-order valence-corrected chi connectivity index (χ1v) is 11.9. The van der Waals surface area contributed by atoms with Gasteiger partial charge >= 0.3 is 0 Å². The van der Waals surface area contributed by atoms with Crippen molar-refractivity contribution in [3.63, 3.8) is 0 Å². The average molecular weight is 575 g/mol. The Morgan fingerprint density at radius 1 is 1.03 bits per heavy atom. The Balaban J connectivity index is 1.53. The van der Waals surface area contributed by atoms with Gasteiger partial charge < -0.3 is 9.47 Å². The SMILES string of the molecule is COc1cc(/C=C2\SC(=O)N(Cc3ccccc3)C2=O)cc(I)c1OCc1ccc(F)cc1. The number of hydrogen-bond acceptors (Lipinski definition) is 5. The van der Waals surface area contributed by atoms with Crippen molar-refractivity contribution in [1.29, 1.82) is 0 Å². The van der Waals surface area contributed by atoms with Crippen LogP contribution in [0.1, 0.15) is 16.7 Å². The number of ether oxygens (including phenoxy) is 2. The van der Waals surface area contributed by atoms with Crippen LogP contribution in [-0.4, -0.2) is 23.2 Å². The second-order valence-corrected chi connectivity index (χ2v) is 9.36. The topological polar surface area (TPSA) is 55.8 Å². The average Bonchev–Trinajstić information content (AvgIpc) is 3.07. The van der Waals surface area contributed by atoms with E-state index in [1.165, 1.54) is 24.1 Å². The van der Waals surface area contributed by atoms with Crippen molar-refractivity contribution >= 4 is 51.6 Å². The number of methoxy groups -OCH3 is 1. The summed E-state index contributed by atoms with van der Waals surface area (Å²) in [5.74, 6) is 0.429. The fourth-order valence-corrected chi connectivity index (χ4v) is 4.87. The molecule has 0 unspecified atom stereocenters. The highest BCUT2D eigenvalue weighted by Crippen LogP contribution is 2.38. The number of imide groups is 1. The van der Waals surface area contributed by atoms with E-state index < -0.39 is 0 Å². The number of hydrogen-bond donors (Lipinski definition) is 0. The van der Waals surface area contributed by atoms with Crippen LogP contribution in [0.4, 0.5) is 9.18 Å². The molecule has 0 saturated carbocycles. The van der Waals surface area contributed by atoms with Gasteiger partial charge in [-0.2, -0.15) is 0 Å². The van der Waals surface area contributed by atoms with Gasteiger partial charge in [0.15, 0.2) is 11.5 Å². The molecule has 33 heavy (non-hydrogen) atoms. The summed E-state index contributed by atoms with van der Waals surface area (Å²) < 4.78 is 25.3. The largest absolute Gasteiger partial charge is 0.493 e. The number of carbonyl (C=O) groups excluding carboxylic acids is 2. The molecule has 0 atom stereocenters. The Kier molecular flexibility index (Phi) is 7.34. The Hall–Kier alpha value is -2.85. The lowest BCUT2D eigenvalue weighted by molar-refractivity contribution is -0.123. The lowest BCUT2D eigenvalue weighted by atomic mass is 10.1. The van der Waals surface area contributed by atoms with Gasteiger partial charge in [-0.1, -0.05) is 42.5 Å². The summed E-state index contributed by atoms with van der Waals surface area (Å²) in [6, 6.07) is 19.1. The van der Waals surface area contributed by atoms with Gasteiger partial charge in [0.2, 0.25) is 0 Å². The highest BCUT2D eigenvalue weighted by atomic mass is 127. The molecule has 0 bridgehead atoms. The molecule has 4 rings (SSSR count). The number of thioether (sulfide) groups is 1. The lowest BCUT2D eigenvalue weighted by Crippen LogP contribution is -2.27. The quantitative estimate of drug-likeness (QED) is 0.246. The zero-order valence-corrected chi connectivity index (χ0v) is 20.6. The van der Waals surface area contributed by atoms with Crippen LogP contribution in [0.25, 0.3) is 6.08 Å². The van der Waals surface area contributed by atoms with Crippen LogP contribution >= 0.6 is 34.4 Å². The summed E-state index contributed by atoms with van der Waals surface area (Å²) >= 11 is 3.06. The predicted octanol–water partition coefficient (Wildman–Crippen LogP) is 6.25. The first-order valence-electron chi connectivity index (χ1n) is 9.98. The van der Waals surface area contributed by atoms with E-state index in [4.69, 9.17) is 9.47 Å². The van der Waals surface area contributed by atoms with Crippen LogP contribution in [-0.2, 0) is 17.9 Å². The molecular formula is C25H19FINO4S. The summed E-state index contributed by atoms with van der Waals surface area (Å²) in [4.78, 5) is 26.9. The van der Waals surface area contributed by atoms with Crippen LogP contribution < -0.4 is 9.47 Å². The van der Waals surface area contributed by atoms with Gasteiger partial charge in [-0.15, -0.1) is 0 Å². The third-order valence-electron chi connectivity index (χ3n) is 4.90. The van der Waals surface area contributed by atoms with E-state index in [9.17, 15) is 14.0 Å². The third kappa shape index (κ3) is 5.56. The molecule has 1 fully saturated rings. The summed E-state index contributed by atoms with van der Waals surface area (Å²) in [6.45, 7) is 0.490. The summed E-state index contributed by atoms with van der Waals surface area (Å²) in [5.41, 5.74) is 2.43.